The number of nitrogens with zero attached hydrogens (tertiary/aromatic N) is 3. The summed E-state index contributed by atoms with van der Waals surface area (Å²) in [5.74, 6) is 0.923. The van der Waals surface area contributed by atoms with Crippen molar-refractivity contribution >= 4 is 17.8 Å². The van der Waals surface area contributed by atoms with E-state index in [0.717, 1.165) is 6.42 Å². The molecule has 0 spiro atoms. The highest BCUT2D eigenvalue weighted by atomic mass is 16.1. The largest absolute Gasteiger partial charge is 0.347 e. The standard InChI is InChI=1S/C21H23N5O/c1-3-19(27)23-20-24-21-22-17(15-7-5-4-6-8-15)13-18(26(21)25-20)16-11-9-14(2)10-12-16/h4-12,17-18H,3,13H2,1-2H3,(H2,22,23,24,25,27)/t17-,18+/m0/s1. The van der Waals surface area contributed by atoms with Crippen molar-refractivity contribution in [3.63, 3.8) is 0 Å². The molecule has 6 heteroatoms. The summed E-state index contributed by atoms with van der Waals surface area (Å²) >= 11 is 0. The van der Waals surface area contributed by atoms with Crippen molar-refractivity contribution in [2.75, 3.05) is 10.6 Å². The molecular formula is C21H23N5O. The third-order valence-electron chi connectivity index (χ3n) is 4.93. The van der Waals surface area contributed by atoms with Crippen LogP contribution in [0, 0.1) is 6.92 Å². The quantitative estimate of drug-likeness (QED) is 0.734. The molecule has 27 heavy (non-hydrogen) atoms. The first kappa shape index (κ1) is 17.3. The predicted octanol–water partition coefficient (Wildman–Crippen LogP) is 4.08. The molecule has 2 aromatic carbocycles. The SMILES string of the molecule is CCC(=O)Nc1nc2n(n1)[C@@H](c1ccc(C)cc1)C[C@@H](c1ccccc1)N2. The van der Waals surface area contributed by atoms with Gasteiger partial charge in [0, 0.05) is 6.42 Å². The van der Waals surface area contributed by atoms with E-state index in [-0.39, 0.29) is 18.0 Å². The molecule has 0 aliphatic carbocycles. The minimum atomic E-state index is -0.0931. The first-order chi connectivity index (χ1) is 13.1. The van der Waals surface area contributed by atoms with Gasteiger partial charge >= 0.3 is 0 Å². The van der Waals surface area contributed by atoms with E-state index in [1.165, 1.54) is 16.7 Å². The van der Waals surface area contributed by atoms with E-state index in [0.29, 0.717) is 18.3 Å². The fourth-order valence-electron chi connectivity index (χ4n) is 3.41. The van der Waals surface area contributed by atoms with Gasteiger partial charge in [0.25, 0.3) is 5.95 Å². The number of fused-ring (bicyclic) bond motifs is 1. The average molecular weight is 361 g/mol. The van der Waals surface area contributed by atoms with Gasteiger partial charge in [0.1, 0.15) is 0 Å². The Labute approximate surface area is 158 Å². The van der Waals surface area contributed by atoms with E-state index < -0.39 is 0 Å². The number of aromatic nitrogens is 3. The van der Waals surface area contributed by atoms with Gasteiger partial charge in [-0.25, -0.2) is 4.68 Å². The molecule has 1 aliphatic heterocycles. The van der Waals surface area contributed by atoms with Crippen molar-refractivity contribution in [2.24, 2.45) is 0 Å². The number of amides is 1. The molecule has 1 aliphatic rings. The Morgan fingerprint density at radius 3 is 2.59 bits per heavy atom. The maximum absolute atomic E-state index is 11.7. The number of benzene rings is 2. The number of carbonyl (C=O) groups is 1. The van der Waals surface area contributed by atoms with Crippen LogP contribution in [0.15, 0.2) is 54.6 Å². The summed E-state index contributed by atoms with van der Waals surface area (Å²) in [6.45, 7) is 3.89. The van der Waals surface area contributed by atoms with Gasteiger partial charge in [0.05, 0.1) is 12.1 Å². The number of nitrogens with one attached hydrogen (secondary N) is 2. The second kappa shape index (κ2) is 7.23. The molecule has 1 amide bonds. The molecule has 0 radical (unpaired) electrons. The van der Waals surface area contributed by atoms with Gasteiger partial charge in [-0.05, 0) is 24.5 Å². The van der Waals surface area contributed by atoms with Crippen molar-refractivity contribution in [3.8, 4) is 0 Å². The molecule has 2 heterocycles. The zero-order chi connectivity index (χ0) is 18.8. The molecule has 2 atom stereocenters. The van der Waals surface area contributed by atoms with Gasteiger partial charge in [-0.1, -0.05) is 67.1 Å². The normalized spacial score (nSPS) is 18.4. The molecule has 6 nitrogen and oxygen atoms in total. The minimum absolute atomic E-state index is 0.0480. The lowest BCUT2D eigenvalue weighted by molar-refractivity contribution is -0.115. The number of rotatable bonds is 4. The monoisotopic (exact) mass is 361 g/mol. The number of anilines is 2. The molecule has 3 aromatic rings. The summed E-state index contributed by atoms with van der Waals surface area (Å²) in [7, 11) is 0. The van der Waals surface area contributed by atoms with E-state index in [1.54, 1.807) is 0 Å². The first-order valence-electron chi connectivity index (χ1n) is 9.28. The lowest BCUT2D eigenvalue weighted by Crippen LogP contribution is -2.28. The zero-order valence-corrected chi connectivity index (χ0v) is 15.5. The Balaban J connectivity index is 1.72. The number of hydrogen-bond acceptors (Lipinski definition) is 4. The van der Waals surface area contributed by atoms with Crippen LogP contribution in [0.1, 0.15) is 48.5 Å². The van der Waals surface area contributed by atoms with Crippen LogP contribution >= 0.6 is 0 Å². The molecular weight excluding hydrogens is 338 g/mol. The van der Waals surface area contributed by atoms with Gasteiger partial charge in [-0.3, -0.25) is 10.1 Å². The van der Waals surface area contributed by atoms with Gasteiger partial charge in [-0.2, -0.15) is 4.98 Å². The maximum Gasteiger partial charge on any atom is 0.250 e. The predicted molar refractivity (Wildman–Crippen MR) is 106 cm³/mol. The van der Waals surface area contributed by atoms with Crippen LogP contribution in [-0.2, 0) is 4.79 Å². The summed E-state index contributed by atoms with van der Waals surface area (Å²) in [5, 5.41) is 10.8. The Morgan fingerprint density at radius 2 is 1.89 bits per heavy atom. The Morgan fingerprint density at radius 1 is 1.15 bits per heavy atom. The molecule has 0 bridgehead atoms. The van der Waals surface area contributed by atoms with Gasteiger partial charge < -0.3 is 5.32 Å². The van der Waals surface area contributed by atoms with Crippen LogP contribution in [0.2, 0.25) is 0 Å². The third kappa shape index (κ3) is 3.56. The zero-order valence-electron chi connectivity index (χ0n) is 15.5. The summed E-state index contributed by atoms with van der Waals surface area (Å²) < 4.78 is 1.88. The van der Waals surface area contributed by atoms with Crippen LogP contribution in [0.5, 0.6) is 0 Å². The second-order valence-corrected chi connectivity index (χ2v) is 6.88. The lowest BCUT2D eigenvalue weighted by Gasteiger charge is -2.31. The van der Waals surface area contributed by atoms with Crippen LogP contribution in [-0.4, -0.2) is 20.7 Å². The van der Waals surface area contributed by atoms with Gasteiger partial charge in [0.15, 0.2) is 0 Å². The highest BCUT2D eigenvalue weighted by Gasteiger charge is 2.31. The summed E-state index contributed by atoms with van der Waals surface area (Å²) in [4.78, 5) is 16.3. The van der Waals surface area contributed by atoms with E-state index in [2.05, 4.69) is 64.0 Å². The molecule has 0 unspecified atom stereocenters. The van der Waals surface area contributed by atoms with Crippen LogP contribution in [0.3, 0.4) is 0 Å². The molecule has 0 saturated heterocycles. The summed E-state index contributed by atoms with van der Waals surface area (Å²) in [6, 6.07) is 19.0. The Hall–Kier alpha value is -3.15. The topological polar surface area (TPSA) is 71.8 Å². The van der Waals surface area contributed by atoms with E-state index in [4.69, 9.17) is 0 Å². The van der Waals surface area contributed by atoms with E-state index >= 15 is 0 Å². The van der Waals surface area contributed by atoms with E-state index in [9.17, 15) is 4.79 Å². The van der Waals surface area contributed by atoms with Crippen molar-refractivity contribution in [2.45, 2.75) is 38.8 Å². The molecule has 0 fully saturated rings. The summed E-state index contributed by atoms with van der Waals surface area (Å²) in [5.41, 5.74) is 3.62. The van der Waals surface area contributed by atoms with Crippen LogP contribution < -0.4 is 10.6 Å². The molecule has 0 saturated carbocycles. The van der Waals surface area contributed by atoms with Crippen molar-refractivity contribution < 1.29 is 4.79 Å². The van der Waals surface area contributed by atoms with Crippen molar-refractivity contribution in [3.05, 3.63) is 71.3 Å². The van der Waals surface area contributed by atoms with Crippen LogP contribution in [0.25, 0.3) is 0 Å². The molecule has 2 N–H and O–H groups in total. The smallest absolute Gasteiger partial charge is 0.250 e. The van der Waals surface area contributed by atoms with Gasteiger partial charge in [0.2, 0.25) is 11.9 Å². The molecule has 4 rings (SSSR count). The highest BCUT2D eigenvalue weighted by molar-refractivity contribution is 5.88. The van der Waals surface area contributed by atoms with Crippen molar-refractivity contribution in [1.29, 1.82) is 0 Å². The van der Waals surface area contributed by atoms with Crippen molar-refractivity contribution in [1.82, 2.24) is 14.8 Å². The lowest BCUT2D eigenvalue weighted by atomic mass is 9.93. The first-order valence-corrected chi connectivity index (χ1v) is 9.28. The second-order valence-electron chi connectivity index (χ2n) is 6.88. The van der Waals surface area contributed by atoms with Crippen LogP contribution in [0.4, 0.5) is 11.9 Å². The maximum atomic E-state index is 11.7. The molecule has 1 aromatic heterocycles. The van der Waals surface area contributed by atoms with E-state index in [1.807, 2.05) is 29.8 Å². The highest BCUT2D eigenvalue weighted by Crippen LogP contribution is 2.38. The molecule has 138 valence electrons. The Kier molecular flexibility index (Phi) is 4.62. The number of carbonyl (C=O) groups excluding carboxylic acids is 1. The Bertz CT molecular complexity index is 933. The fourth-order valence-corrected chi connectivity index (χ4v) is 3.41. The average Bonchev–Trinajstić information content (AvgIpc) is 3.10. The number of aryl methyl sites for hydroxylation is 1. The summed E-state index contributed by atoms with van der Waals surface area (Å²) in [6.07, 6.45) is 1.25. The third-order valence-corrected chi connectivity index (χ3v) is 4.93. The minimum Gasteiger partial charge on any atom is -0.347 e. The fraction of sp³-hybridized carbons (Fsp3) is 0.286. The number of hydrogen-bond donors (Lipinski definition) is 2. The van der Waals surface area contributed by atoms with Gasteiger partial charge in [-0.15, -0.1) is 5.10 Å².